The number of aliphatic carboxylic acids is 2. The van der Waals surface area contributed by atoms with E-state index in [0.717, 1.165) is 38.5 Å². The van der Waals surface area contributed by atoms with Crippen LogP contribution in [0, 0.1) is 46.3 Å². The van der Waals surface area contributed by atoms with E-state index in [2.05, 4.69) is 0 Å². The Morgan fingerprint density at radius 2 is 0.800 bits per heavy atom. The van der Waals surface area contributed by atoms with Gasteiger partial charge in [-0.1, -0.05) is 0 Å². The Balaban J connectivity index is 1.61. The molecule has 7 fully saturated rings. The lowest BCUT2D eigenvalue weighted by molar-refractivity contribution is -0.258. The van der Waals surface area contributed by atoms with Crippen LogP contribution < -0.4 is 0 Å². The van der Waals surface area contributed by atoms with Crippen molar-refractivity contribution in [2.75, 3.05) is 0 Å². The minimum Gasteiger partial charge on any atom is -0.481 e. The van der Waals surface area contributed by atoms with E-state index in [1.165, 1.54) is 0 Å². The van der Waals surface area contributed by atoms with Crippen LogP contribution in [0.4, 0.5) is 0 Å². The van der Waals surface area contributed by atoms with Crippen molar-refractivity contribution in [3.63, 3.8) is 0 Å². The Hall–Kier alpha value is -1.06. The second-order valence-electron chi connectivity index (χ2n) is 8.38. The van der Waals surface area contributed by atoms with Crippen LogP contribution in [0.3, 0.4) is 0 Å². The van der Waals surface area contributed by atoms with Crippen molar-refractivity contribution in [2.45, 2.75) is 38.5 Å². The normalized spacial score (nSPS) is 61.0. The lowest BCUT2D eigenvalue weighted by atomic mass is 9.30. The SMILES string of the molecule is O=C(O)C12CC3C4CC5(C(=O)O)CC3C(C1)C(C5)C4C2. The fraction of sp³-hybridized carbons (Fsp3) is 0.875. The van der Waals surface area contributed by atoms with Gasteiger partial charge in [0, 0.05) is 0 Å². The molecule has 0 amide bonds. The van der Waals surface area contributed by atoms with Gasteiger partial charge in [0.1, 0.15) is 0 Å². The van der Waals surface area contributed by atoms with Crippen LogP contribution in [0.2, 0.25) is 0 Å². The van der Waals surface area contributed by atoms with Crippen molar-refractivity contribution in [1.29, 1.82) is 0 Å². The number of carboxylic acids is 2. The molecule has 0 heterocycles. The first kappa shape index (κ1) is 11.6. The first-order valence-corrected chi connectivity index (χ1v) is 7.93. The summed E-state index contributed by atoms with van der Waals surface area (Å²) < 4.78 is 0. The fourth-order valence-electron chi connectivity index (χ4n) is 7.45. The summed E-state index contributed by atoms with van der Waals surface area (Å²) in [5, 5.41) is 19.4. The maximum atomic E-state index is 11.8. The van der Waals surface area contributed by atoms with Crippen LogP contribution in [0.25, 0.3) is 0 Å². The Morgan fingerprint density at radius 3 is 0.950 bits per heavy atom. The van der Waals surface area contributed by atoms with Gasteiger partial charge in [0.05, 0.1) is 10.8 Å². The summed E-state index contributed by atoms with van der Waals surface area (Å²) in [6.45, 7) is 0. The van der Waals surface area contributed by atoms with E-state index in [0.29, 0.717) is 35.5 Å². The Bertz CT molecular complexity index is 426. The molecule has 7 aliphatic rings. The molecule has 7 aliphatic carbocycles. The van der Waals surface area contributed by atoms with Crippen molar-refractivity contribution < 1.29 is 19.8 Å². The van der Waals surface area contributed by atoms with Crippen molar-refractivity contribution >= 4 is 11.9 Å². The third-order valence-electron chi connectivity index (χ3n) is 7.97. The molecule has 2 N–H and O–H groups in total. The molecule has 0 aromatic heterocycles. The number of hydrogen-bond acceptors (Lipinski definition) is 2. The molecule has 108 valence electrons. The molecule has 7 saturated carbocycles. The average molecular weight is 276 g/mol. The second kappa shape index (κ2) is 3.07. The van der Waals surface area contributed by atoms with Gasteiger partial charge in [0.15, 0.2) is 0 Å². The number of carbonyl (C=O) groups is 2. The third-order valence-corrected chi connectivity index (χ3v) is 7.97. The van der Waals surface area contributed by atoms with Crippen molar-refractivity contribution in [2.24, 2.45) is 46.3 Å². The van der Waals surface area contributed by atoms with Crippen LogP contribution in [0.15, 0.2) is 0 Å². The molecule has 0 aromatic carbocycles. The Labute approximate surface area is 117 Å². The molecule has 0 radical (unpaired) electrons. The highest BCUT2D eigenvalue weighted by molar-refractivity contribution is 5.77. The molecule has 7 rings (SSSR count). The van der Waals surface area contributed by atoms with E-state index >= 15 is 0 Å². The largest absolute Gasteiger partial charge is 0.481 e. The maximum Gasteiger partial charge on any atom is 0.309 e. The smallest absolute Gasteiger partial charge is 0.309 e. The molecule has 0 atom stereocenters. The molecule has 8 bridgehead atoms. The van der Waals surface area contributed by atoms with E-state index < -0.39 is 22.8 Å². The predicted molar refractivity (Wildman–Crippen MR) is 68.8 cm³/mol. The monoisotopic (exact) mass is 276 g/mol. The lowest BCUT2D eigenvalue weighted by Gasteiger charge is -2.73. The van der Waals surface area contributed by atoms with E-state index in [1.807, 2.05) is 0 Å². The first-order chi connectivity index (χ1) is 9.46. The van der Waals surface area contributed by atoms with Gasteiger partial charge in [-0.2, -0.15) is 0 Å². The lowest BCUT2D eigenvalue weighted by Crippen LogP contribution is -2.69. The number of hydrogen-bond donors (Lipinski definition) is 2. The molecule has 20 heavy (non-hydrogen) atoms. The van der Waals surface area contributed by atoms with E-state index in [4.69, 9.17) is 0 Å². The predicted octanol–water partition coefficient (Wildman–Crippen LogP) is 2.23. The van der Waals surface area contributed by atoms with Crippen LogP contribution in [0.1, 0.15) is 38.5 Å². The van der Waals surface area contributed by atoms with Gasteiger partial charge in [0.2, 0.25) is 0 Å². The van der Waals surface area contributed by atoms with Crippen molar-refractivity contribution in [3.05, 3.63) is 0 Å². The Kier molecular flexibility index (Phi) is 1.78. The summed E-state index contributed by atoms with van der Waals surface area (Å²) in [6.07, 6.45) is 4.96. The molecule has 0 aliphatic heterocycles. The number of rotatable bonds is 2. The summed E-state index contributed by atoms with van der Waals surface area (Å²) in [5.74, 6) is 1.87. The summed E-state index contributed by atoms with van der Waals surface area (Å²) in [6, 6.07) is 0. The van der Waals surface area contributed by atoms with Crippen LogP contribution in [-0.4, -0.2) is 22.2 Å². The van der Waals surface area contributed by atoms with Crippen LogP contribution in [-0.2, 0) is 9.59 Å². The van der Waals surface area contributed by atoms with Gasteiger partial charge < -0.3 is 10.2 Å². The first-order valence-electron chi connectivity index (χ1n) is 7.93. The molecule has 4 nitrogen and oxygen atoms in total. The van der Waals surface area contributed by atoms with Gasteiger partial charge in [-0.25, -0.2) is 0 Å². The zero-order chi connectivity index (χ0) is 13.9. The fourth-order valence-corrected chi connectivity index (χ4v) is 7.45. The second-order valence-corrected chi connectivity index (χ2v) is 8.38. The minimum atomic E-state index is -0.585. The van der Waals surface area contributed by atoms with Gasteiger partial charge in [-0.05, 0) is 74.0 Å². The standard InChI is InChI=1S/C16H20O4/c17-13(18)15-1-7-8-4-16(14(19)20)5-9(7)11(3-15)12(6-16)10(8)2-15/h7-12H,1-6H2,(H,17,18)(H,19,20). The summed E-state index contributed by atoms with van der Waals surface area (Å²) in [7, 11) is 0. The average Bonchev–Trinajstić information content (AvgIpc) is 2.43. The highest BCUT2D eigenvalue weighted by Crippen LogP contribution is 2.76. The van der Waals surface area contributed by atoms with E-state index in [9.17, 15) is 19.8 Å². The zero-order valence-electron chi connectivity index (χ0n) is 11.4. The molecule has 4 heteroatoms. The molecule has 0 unspecified atom stereocenters. The maximum absolute atomic E-state index is 11.8. The van der Waals surface area contributed by atoms with E-state index in [1.54, 1.807) is 0 Å². The minimum absolute atomic E-state index is 0.454. The van der Waals surface area contributed by atoms with Crippen LogP contribution in [0.5, 0.6) is 0 Å². The van der Waals surface area contributed by atoms with Gasteiger partial charge in [0.25, 0.3) is 0 Å². The van der Waals surface area contributed by atoms with Gasteiger partial charge in [-0.3, -0.25) is 9.59 Å². The zero-order valence-corrected chi connectivity index (χ0v) is 11.4. The third kappa shape index (κ3) is 1.02. The van der Waals surface area contributed by atoms with E-state index in [-0.39, 0.29) is 0 Å². The highest BCUT2D eigenvalue weighted by Gasteiger charge is 2.73. The highest BCUT2D eigenvalue weighted by atomic mass is 16.4. The van der Waals surface area contributed by atoms with Crippen LogP contribution >= 0.6 is 0 Å². The summed E-state index contributed by atoms with van der Waals surface area (Å²) >= 11 is 0. The number of carboxylic acid groups (broad SMARTS) is 2. The quantitative estimate of drug-likeness (QED) is 0.811. The molecule has 0 spiro atoms. The topological polar surface area (TPSA) is 74.6 Å². The Morgan fingerprint density at radius 1 is 0.600 bits per heavy atom. The van der Waals surface area contributed by atoms with Gasteiger partial charge >= 0.3 is 11.9 Å². The molecule has 0 saturated heterocycles. The summed E-state index contributed by atoms with van der Waals surface area (Å²) in [5.41, 5.74) is -0.909. The van der Waals surface area contributed by atoms with Gasteiger partial charge in [-0.15, -0.1) is 0 Å². The van der Waals surface area contributed by atoms with Crippen molar-refractivity contribution in [1.82, 2.24) is 0 Å². The van der Waals surface area contributed by atoms with Crippen molar-refractivity contribution in [3.8, 4) is 0 Å². The molecular formula is C16H20O4. The molecule has 0 aromatic rings. The summed E-state index contributed by atoms with van der Waals surface area (Å²) in [4.78, 5) is 23.5. The molecular weight excluding hydrogens is 256 g/mol.